The maximum absolute atomic E-state index is 11.6. The Morgan fingerprint density at radius 3 is 2.83 bits per heavy atom. The van der Waals surface area contributed by atoms with Gasteiger partial charge in [-0.2, -0.15) is 0 Å². The second-order valence-corrected chi connectivity index (χ2v) is 5.47. The lowest BCUT2D eigenvalue weighted by Crippen LogP contribution is -2.47. The zero-order valence-electron chi connectivity index (χ0n) is 10.5. The van der Waals surface area contributed by atoms with Crippen LogP contribution in [0.2, 0.25) is 0 Å². The van der Waals surface area contributed by atoms with Crippen LogP contribution in [-0.2, 0) is 9.59 Å². The lowest BCUT2D eigenvalue weighted by molar-refractivity contribution is -0.132. The van der Waals surface area contributed by atoms with E-state index in [0.717, 1.165) is 32.7 Å². The van der Waals surface area contributed by atoms with Gasteiger partial charge in [-0.25, -0.2) is 0 Å². The molecule has 0 bridgehead atoms. The molecule has 102 valence electrons. The number of hydrogen-bond donors (Lipinski definition) is 2. The summed E-state index contributed by atoms with van der Waals surface area (Å²) in [7, 11) is 0. The van der Waals surface area contributed by atoms with E-state index in [0.29, 0.717) is 18.2 Å². The molecule has 0 atom stereocenters. The van der Waals surface area contributed by atoms with Gasteiger partial charge in [-0.3, -0.25) is 14.5 Å². The van der Waals surface area contributed by atoms with Gasteiger partial charge >= 0.3 is 0 Å². The van der Waals surface area contributed by atoms with E-state index in [2.05, 4.69) is 15.5 Å². The zero-order valence-corrected chi connectivity index (χ0v) is 11.3. The molecule has 2 fully saturated rings. The first-order valence-corrected chi connectivity index (χ1v) is 7.46. The van der Waals surface area contributed by atoms with Gasteiger partial charge in [-0.1, -0.05) is 0 Å². The molecule has 2 N–H and O–H groups in total. The third-order valence-electron chi connectivity index (χ3n) is 3.12. The standard InChI is InChI=1S/C11H20N4O2S/c16-10(7-15-9-18-8-11(15)17)13-3-6-14-4-1-12-2-5-14/h12H,1-9H2,(H,13,16). The van der Waals surface area contributed by atoms with Crippen LogP contribution in [0, 0.1) is 0 Å². The van der Waals surface area contributed by atoms with Crippen molar-refractivity contribution >= 4 is 23.6 Å². The molecule has 2 amide bonds. The molecule has 2 saturated heterocycles. The maximum Gasteiger partial charge on any atom is 0.239 e. The molecular weight excluding hydrogens is 252 g/mol. The van der Waals surface area contributed by atoms with Gasteiger partial charge in [0.2, 0.25) is 11.8 Å². The molecule has 0 unspecified atom stereocenters. The van der Waals surface area contributed by atoms with E-state index in [9.17, 15) is 9.59 Å². The number of rotatable bonds is 5. The van der Waals surface area contributed by atoms with Gasteiger partial charge in [0.15, 0.2) is 0 Å². The van der Waals surface area contributed by atoms with Crippen molar-refractivity contribution in [1.82, 2.24) is 20.4 Å². The number of carbonyl (C=O) groups excluding carboxylic acids is 2. The number of piperazine rings is 1. The van der Waals surface area contributed by atoms with Crippen LogP contribution in [0.15, 0.2) is 0 Å². The van der Waals surface area contributed by atoms with Crippen LogP contribution in [-0.4, -0.2) is 79.1 Å². The lowest BCUT2D eigenvalue weighted by atomic mass is 10.3. The third-order valence-corrected chi connectivity index (χ3v) is 4.06. The van der Waals surface area contributed by atoms with Crippen LogP contribution in [0.5, 0.6) is 0 Å². The summed E-state index contributed by atoms with van der Waals surface area (Å²) in [5.41, 5.74) is 0. The molecule has 2 aliphatic heterocycles. The molecule has 7 heteroatoms. The highest BCUT2D eigenvalue weighted by atomic mass is 32.2. The van der Waals surface area contributed by atoms with Gasteiger partial charge in [-0.15, -0.1) is 11.8 Å². The van der Waals surface area contributed by atoms with Crippen molar-refractivity contribution in [2.45, 2.75) is 0 Å². The van der Waals surface area contributed by atoms with E-state index in [-0.39, 0.29) is 18.4 Å². The minimum Gasteiger partial charge on any atom is -0.353 e. The van der Waals surface area contributed by atoms with Crippen LogP contribution < -0.4 is 10.6 Å². The number of nitrogens with one attached hydrogen (secondary N) is 2. The Morgan fingerprint density at radius 1 is 1.39 bits per heavy atom. The Kier molecular flexibility index (Phi) is 5.27. The predicted octanol–water partition coefficient (Wildman–Crippen LogP) is -1.46. The molecule has 18 heavy (non-hydrogen) atoms. The van der Waals surface area contributed by atoms with Crippen molar-refractivity contribution in [2.24, 2.45) is 0 Å². The molecule has 0 spiro atoms. The van der Waals surface area contributed by atoms with Crippen LogP contribution in [0.25, 0.3) is 0 Å². The fourth-order valence-electron chi connectivity index (χ4n) is 2.06. The van der Waals surface area contributed by atoms with Gasteiger partial charge in [0, 0.05) is 39.3 Å². The highest BCUT2D eigenvalue weighted by molar-refractivity contribution is 8.00. The quantitative estimate of drug-likeness (QED) is 0.640. The van der Waals surface area contributed by atoms with E-state index < -0.39 is 0 Å². The number of amides is 2. The first-order valence-electron chi connectivity index (χ1n) is 6.31. The molecule has 0 radical (unpaired) electrons. The summed E-state index contributed by atoms with van der Waals surface area (Å²) in [5.74, 6) is 1.16. The second-order valence-electron chi connectivity index (χ2n) is 4.51. The van der Waals surface area contributed by atoms with Crippen LogP contribution >= 0.6 is 11.8 Å². The summed E-state index contributed by atoms with van der Waals surface area (Å²) in [6.45, 7) is 5.87. The summed E-state index contributed by atoms with van der Waals surface area (Å²) in [5, 5.41) is 6.16. The summed E-state index contributed by atoms with van der Waals surface area (Å²) >= 11 is 1.56. The largest absolute Gasteiger partial charge is 0.353 e. The molecule has 6 nitrogen and oxygen atoms in total. The molecular formula is C11H20N4O2S. The Morgan fingerprint density at radius 2 is 2.17 bits per heavy atom. The van der Waals surface area contributed by atoms with Gasteiger partial charge in [0.1, 0.15) is 6.54 Å². The maximum atomic E-state index is 11.6. The van der Waals surface area contributed by atoms with Gasteiger partial charge in [0.25, 0.3) is 0 Å². The Hall–Kier alpha value is -0.790. The van der Waals surface area contributed by atoms with Crippen molar-refractivity contribution in [3.63, 3.8) is 0 Å². The molecule has 2 heterocycles. The molecule has 0 saturated carbocycles. The first kappa shape index (κ1) is 13.6. The summed E-state index contributed by atoms with van der Waals surface area (Å²) in [6, 6.07) is 0. The van der Waals surface area contributed by atoms with E-state index in [1.807, 2.05) is 0 Å². The average molecular weight is 272 g/mol. The summed E-state index contributed by atoms with van der Waals surface area (Å²) in [6.07, 6.45) is 0. The monoisotopic (exact) mass is 272 g/mol. The molecule has 2 rings (SSSR count). The minimum atomic E-state index is -0.0546. The van der Waals surface area contributed by atoms with Crippen molar-refractivity contribution in [3.05, 3.63) is 0 Å². The molecule has 0 aromatic rings. The number of thioether (sulfide) groups is 1. The zero-order chi connectivity index (χ0) is 12.8. The van der Waals surface area contributed by atoms with Crippen molar-refractivity contribution in [1.29, 1.82) is 0 Å². The molecule has 2 aliphatic rings. The fraction of sp³-hybridized carbons (Fsp3) is 0.818. The van der Waals surface area contributed by atoms with Gasteiger partial charge in [-0.05, 0) is 0 Å². The minimum absolute atomic E-state index is 0.0546. The number of hydrogen-bond acceptors (Lipinski definition) is 5. The topological polar surface area (TPSA) is 64.7 Å². The van der Waals surface area contributed by atoms with E-state index in [1.165, 1.54) is 0 Å². The first-order chi connectivity index (χ1) is 8.75. The SMILES string of the molecule is O=C(CN1CSCC1=O)NCCN1CCNCC1. The molecule has 0 aliphatic carbocycles. The number of nitrogens with zero attached hydrogens (tertiary/aromatic N) is 2. The van der Waals surface area contributed by atoms with Crippen molar-refractivity contribution in [2.75, 3.05) is 57.4 Å². The van der Waals surface area contributed by atoms with E-state index in [1.54, 1.807) is 16.7 Å². The fourth-order valence-corrected chi connectivity index (χ4v) is 2.96. The third kappa shape index (κ3) is 4.15. The Bertz CT molecular complexity index is 307. The van der Waals surface area contributed by atoms with Crippen LogP contribution in [0.1, 0.15) is 0 Å². The Labute approximate surface area is 111 Å². The van der Waals surface area contributed by atoms with Crippen molar-refractivity contribution in [3.8, 4) is 0 Å². The number of carbonyl (C=O) groups is 2. The van der Waals surface area contributed by atoms with Crippen molar-refractivity contribution < 1.29 is 9.59 Å². The second kappa shape index (κ2) is 6.96. The molecule has 0 aromatic carbocycles. The summed E-state index contributed by atoms with van der Waals surface area (Å²) in [4.78, 5) is 26.9. The summed E-state index contributed by atoms with van der Waals surface area (Å²) < 4.78 is 0. The predicted molar refractivity (Wildman–Crippen MR) is 71.4 cm³/mol. The average Bonchev–Trinajstić information content (AvgIpc) is 2.76. The van der Waals surface area contributed by atoms with Gasteiger partial charge in [0.05, 0.1) is 11.6 Å². The van der Waals surface area contributed by atoms with Crippen LogP contribution in [0.3, 0.4) is 0 Å². The van der Waals surface area contributed by atoms with Gasteiger partial charge < -0.3 is 15.5 Å². The van der Waals surface area contributed by atoms with Crippen LogP contribution in [0.4, 0.5) is 0 Å². The Balaban J connectivity index is 1.58. The van der Waals surface area contributed by atoms with E-state index in [4.69, 9.17) is 0 Å². The van der Waals surface area contributed by atoms with E-state index >= 15 is 0 Å². The highest BCUT2D eigenvalue weighted by Gasteiger charge is 2.22. The smallest absolute Gasteiger partial charge is 0.239 e. The molecule has 0 aromatic heterocycles. The highest BCUT2D eigenvalue weighted by Crippen LogP contribution is 2.13. The lowest BCUT2D eigenvalue weighted by Gasteiger charge is -2.27. The normalized spacial score (nSPS) is 21.3.